The van der Waals surface area contributed by atoms with E-state index < -0.39 is 21.7 Å². The van der Waals surface area contributed by atoms with Gasteiger partial charge >= 0.3 is 5.97 Å². The number of esters is 1. The molecule has 1 aliphatic rings. The third-order valence-corrected chi connectivity index (χ3v) is 6.99. The number of nitrogens with one attached hydrogen (secondary N) is 2. The summed E-state index contributed by atoms with van der Waals surface area (Å²) in [6, 6.07) is 10.6. The number of ether oxygens (including phenoxy) is 1. The van der Waals surface area contributed by atoms with E-state index in [4.69, 9.17) is 4.74 Å². The van der Waals surface area contributed by atoms with Gasteiger partial charge in [0, 0.05) is 17.0 Å². The summed E-state index contributed by atoms with van der Waals surface area (Å²) in [5.74, 6) is -1.16. The van der Waals surface area contributed by atoms with Crippen LogP contribution >= 0.6 is 11.8 Å². The van der Waals surface area contributed by atoms with Gasteiger partial charge in [-0.25, -0.2) is 13.2 Å². The Labute approximate surface area is 178 Å². The molecule has 0 aliphatic carbocycles. The van der Waals surface area contributed by atoms with Crippen molar-refractivity contribution in [3.63, 3.8) is 0 Å². The van der Waals surface area contributed by atoms with Crippen LogP contribution in [-0.4, -0.2) is 44.3 Å². The van der Waals surface area contributed by atoms with Gasteiger partial charge in [-0.1, -0.05) is 0 Å². The molecule has 0 aromatic heterocycles. The fraction of sp³-hybridized carbons (Fsp3) is 0.250. The molecule has 0 bridgehead atoms. The number of anilines is 2. The molecule has 0 radical (unpaired) electrons. The number of sulfone groups is 1. The third-order valence-electron chi connectivity index (χ3n) is 4.22. The Balaban J connectivity index is 1.58. The number of carbonyl (C=O) groups is 3. The monoisotopic (exact) mass is 448 g/mol. The lowest BCUT2D eigenvalue weighted by molar-refractivity contribution is -0.116. The Kier molecular flexibility index (Phi) is 6.78. The van der Waals surface area contributed by atoms with Crippen molar-refractivity contribution in [2.24, 2.45) is 0 Å². The molecule has 2 aromatic rings. The summed E-state index contributed by atoms with van der Waals surface area (Å²) in [5.41, 5.74) is 1.39. The average Bonchev–Trinajstić information content (AvgIpc) is 2.72. The van der Waals surface area contributed by atoms with Gasteiger partial charge in [0.2, 0.25) is 11.8 Å². The number of benzene rings is 2. The van der Waals surface area contributed by atoms with Gasteiger partial charge in [0.05, 0.1) is 34.3 Å². The van der Waals surface area contributed by atoms with Crippen LogP contribution in [0.3, 0.4) is 0 Å². The average molecular weight is 449 g/mol. The van der Waals surface area contributed by atoms with Crippen LogP contribution in [0.4, 0.5) is 11.4 Å². The number of carbonyl (C=O) groups excluding carboxylic acids is 3. The van der Waals surface area contributed by atoms with E-state index in [-0.39, 0.29) is 35.3 Å². The molecule has 3 rings (SSSR count). The van der Waals surface area contributed by atoms with Crippen LogP contribution in [0.1, 0.15) is 23.7 Å². The van der Waals surface area contributed by atoms with Crippen molar-refractivity contribution in [1.82, 2.24) is 0 Å². The van der Waals surface area contributed by atoms with E-state index >= 15 is 0 Å². The van der Waals surface area contributed by atoms with Crippen LogP contribution in [-0.2, 0) is 24.2 Å². The molecule has 2 N–H and O–H groups in total. The minimum Gasteiger partial charge on any atom is -0.462 e. The fourth-order valence-electron chi connectivity index (χ4n) is 2.72. The molecule has 30 heavy (non-hydrogen) atoms. The highest BCUT2D eigenvalue weighted by Crippen LogP contribution is 2.33. The SMILES string of the molecule is CCOC(=O)c1ccc(NC(=O)CCS(=O)(=O)c2ccc3c(c2)SCC(=O)N3)cc1. The van der Waals surface area contributed by atoms with Crippen molar-refractivity contribution < 1.29 is 27.5 Å². The number of amides is 2. The Bertz CT molecular complexity index is 1080. The van der Waals surface area contributed by atoms with Crippen molar-refractivity contribution in [2.45, 2.75) is 23.1 Å². The molecule has 2 aromatic carbocycles. The predicted molar refractivity (Wildman–Crippen MR) is 113 cm³/mol. The summed E-state index contributed by atoms with van der Waals surface area (Å²) in [6.07, 6.45) is -0.219. The Morgan fingerprint density at radius 2 is 1.90 bits per heavy atom. The molecule has 0 atom stereocenters. The van der Waals surface area contributed by atoms with Crippen LogP contribution < -0.4 is 10.6 Å². The molecule has 10 heteroatoms. The number of fused-ring (bicyclic) bond motifs is 1. The van der Waals surface area contributed by atoms with E-state index in [0.29, 0.717) is 21.8 Å². The van der Waals surface area contributed by atoms with E-state index in [1.807, 2.05) is 0 Å². The first-order chi connectivity index (χ1) is 14.3. The van der Waals surface area contributed by atoms with E-state index in [9.17, 15) is 22.8 Å². The molecule has 1 heterocycles. The Hall–Kier alpha value is -2.85. The van der Waals surface area contributed by atoms with Crippen molar-refractivity contribution in [3.8, 4) is 0 Å². The molecule has 0 saturated heterocycles. The molecule has 0 fully saturated rings. The second kappa shape index (κ2) is 9.31. The first-order valence-electron chi connectivity index (χ1n) is 9.15. The van der Waals surface area contributed by atoms with Gasteiger partial charge in [-0.3, -0.25) is 9.59 Å². The first kappa shape index (κ1) is 21.8. The van der Waals surface area contributed by atoms with Gasteiger partial charge in [-0.05, 0) is 49.4 Å². The fourth-order valence-corrected chi connectivity index (χ4v) is 4.90. The van der Waals surface area contributed by atoms with Crippen LogP contribution in [0, 0.1) is 0 Å². The maximum atomic E-state index is 12.6. The number of hydrogen-bond acceptors (Lipinski definition) is 7. The van der Waals surface area contributed by atoms with Crippen LogP contribution in [0.25, 0.3) is 0 Å². The van der Waals surface area contributed by atoms with Gasteiger partial charge in [0.15, 0.2) is 9.84 Å². The third kappa shape index (κ3) is 5.39. The maximum Gasteiger partial charge on any atom is 0.338 e. The molecular weight excluding hydrogens is 428 g/mol. The van der Waals surface area contributed by atoms with E-state index in [0.717, 1.165) is 0 Å². The predicted octanol–water partition coefficient (Wildman–Crippen LogP) is 2.71. The molecule has 0 unspecified atom stereocenters. The highest BCUT2D eigenvalue weighted by atomic mass is 32.2. The topological polar surface area (TPSA) is 119 Å². The number of rotatable bonds is 7. The standard InChI is InChI=1S/C20H20N2O6S2/c1-2-28-20(25)13-3-5-14(6-4-13)21-18(23)9-10-30(26,27)15-7-8-16-17(11-15)29-12-19(24)22-16/h3-8,11H,2,9-10,12H2,1H3,(H,21,23)(H,22,24). The summed E-state index contributed by atoms with van der Waals surface area (Å²) in [4.78, 5) is 36.0. The zero-order chi connectivity index (χ0) is 21.7. The normalized spacial score (nSPS) is 13.2. The van der Waals surface area contributed by atoms with Gasteiger partial charge in [0.25, 0.3) is 0 Å². The molecule has 8 nitrogen and oxygen atoms in total. The quantitative estimate of drug-likeness (QED) is 0.625. The molecule has 1 aliphatic heterocycles. The summed E-state index contributed by atoms with van der Waals surface area (Å²) >= 11 is 1.27. The smallest absolute Gasteiger partial charge is 0.338 e. The molecule has 2 amide bonds. The molecular formula is C20H20N2O6S2. The number of thioether (sulfide) groups is 1. The molecule has 0 spiro atoms. The lowest BCUT2D eigenvalue weighted by Gasteiger charge is -2.17. The zero-order valence-electron chi connectivity index (χ0n) is 16.1. The highest BCUT2D eigenvalue weighted by Gasteiger charge is 2.21. The number of hydrogen-bond donors (Lipinski definition) is 2. The van der Waals surface area contributed by atoms with Crippen molar-refractivity contribution in [1.29, 1.82) is 0 Å². The van der Waals surface area contributed by atoms with E-state index in [1.165, 1.54) is 36.0 Å². The molecule has 0 saturated carbocycles. The largest absolute Gasteiger partial charge is 0.462 e. The molecule has 158 valence electrons. The summed E-state index contributed by atoms with van der Waals surface area (Å²) < 4.78 is 30.1. The van der Waals surface area contributed by atoms with Gasteiger partial charge in [-0.2, -0.15) is 0 Å². The lowest BCUT2D eigenvalue weighted by atomic mass is 10.2. The highest BCUT2D eigenvalue weighted by molar-refractivity contribution is 8.00. The Morgan fingerprint density at radius 1 is 1.17 bits per heavy atom. The lowest BCUT2D eigenvalue weighted by Crippen LogP contribution is -2.20. The van der Waals surface area contributed by atoms with Crippen LogP contribution in [0.2, 0.25) is 0 Å². The zero-order valence-corrected chi connectivity index (χ0v) is 17.8. The van der Waals surface area contributed by atoms with Crippen molar-refractivity contribution >= 4 is 50.8 Å². The van der Waals surface area contributed by atoms with Gasteiger partial charge in [-0.15, -0.1) is 11.8 Å². The van der Waals surface area contributed by atoms with Gasteiger partial charge < -0.3 is 15.4 Å². The minimum atomic E-state index is -3.67. The first-order valence-corrected chi connectivity index (χ1v) is 11.8. The second-order valence-electron chi connectivity index (χ2n) is 6.41. The van der Waals surface area contributed by atoms with Crippen LogP contribution in [0.15, 0.2) is 52.3 Å². The second-order valence-corrected chi connectivity index (χ2v) is 9.54. The summed E-state index contributed by atoms with van der Waals surface area (Å²) in [7, 11) is -3.67. The van der Waals surface area contributed by atoms with Crippen LogP contribution in [0.5, 0.6) is 0 Å². The minimum absolute atomic E-state index is 0.108. The maximum absolute atomic E-state index is 12.6. The summed E-state index contributed by atoms with van der Waals surface area (Å²) in [6.45, 7) is 1.98. The van der Waals surface area contributed by atoms with Gasteiger partial charge in [0.1, 0.15) is 0 Å². The van der Waals surface area contributed by atoms with Crippen molar-refractivity contribution in [2.75, 3.05) is 28.7 Å². The summed E-state index contributed by atoms with van der Waals surface area (Å²) in [5, 5.41) is 5.30. The van der Waals surface area contributed by atoms with Crippen molar-refractivity contribution in [3.05, 3.63) is 48.0 Å². The van der Waals surface area contributed by atoms with E-state index in [1.54, 1.807) is 25.1 Å². The van der Waals surface area contributed by atoms with E-state index in [2.05, 4.69) is 10.6 Å². The Morgan fingerprint density at radius 3 is 2.60 bits per heavy atom.